The lowest BCUT2D eigenvalue weighted by Gasteiger charge is -2.10. The van der Waals surface area contributed by atoms with Gasteiger partial charge in [0.15, 0.2) is 4.34 Å². The van der Waals surface area contributed by atoms with Crippen LogP contribution in [0, 0.1) is 0 Å². The summed E-state index contributed by atoms with van der Waals surface area (Å²) in [6.45, 7) is 0. The molecule has 1 amide bonds. The molecule has 21 heavy (non-hydrogen) atoms. The molecule has 112 valence electrons. The number of thioether (sulfide) groups is 1. The third kappa shape index (κ3) is 5.03. The molecule has 1 aromatic carbocycles. The number of amides is 1. The van der Waals surface area contributed by atoms with Crippen molar-refractivity contribution >= 4 is 63.6 Å². The van der Waals surface area contributed by atoms with Gasteiger partial charge in [0.1, 0.15) is 5.51 Å². The smallest absolute Gasteiger partial charge is 0.224 e. The minimum Gasteiger partial charge on any atom is -0.397 e. The molecule has 0 fully saturated rings. The summed E-state index contributed by atoms with van der Waals surface area (Å²) in [5.41, 5.74) is 8.23. The van der Waals surface area contributed by atoms with Gasteiger partial charge in [-0.15, -0.1) is 10.2 Å². The van der Waals surface area contributed by atoms with Crippen molar-refractivity contribution in [1.29, 1.82) is 0 Å². The Morgan fingerprint density at radius 2 is 2.24 bits per heavy atom. The number of rotatable bonds is 6. The maximum Gasteiger partial charge on any atom is 0.224 e. The van der Waals surface area contributed by atoms with Gasteiger partial charge in [-0.3, -0.25) is 4.79 Å². The normalized spacial score (nSPS) is 10.6. The van der Waals surface area contributed by atoms with Gasteiger partial charge in [-0.25, -0.2) is 0 Å². The lowest BCUT2D eigenvalue weighted by Crippen LogP contribution is -2.13. The van der Waals surface area contributed by atoms with Gasteiger partial charge in [-0.05, 0) is 18.6 Å². The Balaban J connectivity index is 1.79. The highest BCUT2D eigenvalue weighted by Crippen LogP contribution is 2.32. The highest BCUT2D eigenvalue weighted by atomic mass is 35.5. The van der Waals surface area contributed by atoms with Gasteiger partial charge in [-0.2, -0.15) is 0 Å². The molecule has 2 aromatic rings. The predicted octanol–water partition coefficient (Wildman–Crippen LogP) is 3.94. The highest BCUT2D eigenvalue weighted by Gasteiger charge is 2.10. The van der Waals surface area contributed by atoms with Crippen molar-refractivity contribution in [3.63, 3.8) is 0 Å². The molecular formula is C12H12Cl2N4OS2. The van der Waals surface area contributed by atoms with E-state index < -0.39 is 0 Å². The van der Waals surface area contributed by atoms with Crippen LogP contribution in [0.25, 0.3) is 0 Å². The van der Waals surface area contributed by atoms with E-state index in [0.717, 1.165) is 16.5 Å². The van der Waals surface area contributed by atoms with E-state index in [4.69, 9.17) is 28.9 Å². The SMILES string of the molecule is Nc1cc(Cl)cc(Cl)c1NC(=O)CCCSc1nncs1. The lowest BCUT2D eigenvalue weighted by molar-refractivity contribution is -0.116. The second-order valence-corrected chi connectivity index (χ2v) is 7.08. The summed E-state index contributed by atoms with van der Waals surface area (Å²) in [7, 11) is 0. The van der Waals surface area contributed by atoms with Crippen LogP contribution in [0.3, 0.4) is 0 Å². The average Bonchev–Trinajstić information content (AvgIpc) is 2.92. The summed E-state index contributed by atoms with van der Waals surface area (Å²) in [5, 5.41) is 11.1. The van der Waals surface area contributed by atoms with E-state index >= 15 is 0 Å². The molecule has 1 aromatic heterocycles. The maximum absolute atomic E-state index is 11.9. The van der Waals surface area contributed by atoms with E-state index in [9.17, 15) is 4.79 Å². The van der Waals surface area contributed by atoms with Crippen molar-refractivity contribution in [3.05, 3.63) is 27.7 Å². The van der Waals surface area contributed by atoms with Gasteiger partial charge in [0, 0.05) is 17.2 Å². The fourth-order valence-corrected chi connectivity index (χ4v) is 3.60. The molecule has 5 nitrogen and oxygen atoms in total. The number of hydrogen-bond donors (Lipinski definition) is 2. The molecule has 0 atom stereocenters. The maximum atomic E-state index is 11.9. The zero-order valence-electron chi connectivity index (χ0n) is 10.8. The number of anilines is 2. The summed E-state index contributed by atoms with van der Waals surface area (Å²) in [5.74, 6) is 0.663. The number of benzene rings is 1. The van der Waals surface area contributed by atoms with Crippen molar-refractivity contribution in [2.45, 2.75) is 17.2 Å². The van der Waals surface area contributed by atoms with Gasteiger partial charge >= 0.3 is 0 Å². The fourth-order valence-electron chi connectivity index (χ4n) is 1.55. The molecular weight excluding hydrogens is 351 g/mol. The van der Waals surface area contributed by atoms with Crippen LogP contribution in [0.1, 0.15) is 12.8 Å². The number of halogens is 2. The number of nitrogens with two attached hydrogens (primary N) is 1. The summed E-state index contributed by atoms with van der Waals surface area (Å²) in [4.78, 5) is 11.9. The monoisotopic (exact) mass is 362 g/mol. The van der Waals surface area contributed by atoms with Crippen LogP contribution in [0.5, 0.6) is 0 Å². The molecule has 9 heteroatoms. The quantitative estimate of drug-likeness (QED) is 0.462. The van der Waals surface area contributed by atoms with Crippen LogP contribution in [0.2, 0.25) is 10.0 Å². The number of aromatic nitrogens is 2. The Morgan fingerprint density at radius 1 is 1.43 bits per heavy atom. The first-order valence-corrected chi connectivity index (χ1v) is 8.61. The number of carbonyl (C=O) groups is 1. The fraction of sp³-hybridized carbons (Fsp3) is 0.250. The molecule has 1 heterocycles. The zero-order chi connectivity index (χ0) is 15.2. The summed E-state index contributed by atoms with van der Waals surface area (Å²) in [6.07, 6.45) is 1.10. The third-order valence-electron chi connectivity index (χ3n) is 2.46. The van der Waals surface area contributed by atoms with Gasteiger partial charge in [0.25, 0.3) is 0 Å². The Hall–Kier alpha value is -1.02. The molecule has 0 spiro atoms. The number of nitrogens with one attached hydrogen (secondary N) is 1. The molecule has 0 aliphatic rings. The minimum absolute atomic E-state index is 0.135. The van der Waals surface area contributed by atoms with Crippen LogP contribution in [0.4, 0.5) is 11.4 Å². The van der Waals surface area contributed by atoms with Crippen LogP contribution in [-0.4, -0.2) is 21.9 Å². The van der Waals surface area contributed by atoms with Crippen LogP contribution in [0.15, 0.2) is 22.0 Å². The number of nitrogens with zero attached hydrogens (tertiary/aromatic N) is 2. The molecule has 0 radical (unpaired) electrons. The zero-order valence-corrected chi connectivity index (χ0v) is 14.0. The van der Waals surface area contributed by atoms with Crippen LogP contribution in [-0.2, 0) is 4.79 Å². The third-order valence-corrected chi connectivity index (χ3v) is 4.93. The van der Waals surface area contributed by atoms with E-state index in [1.807, 2.05) is 0 Å². The van der Waals surface area contributed by atoms with Crippen molar-refractivity contribution in [2.75, 3.05) is 16.8 Å². The van der Waals surface area contributed by atoms with Gasteiger partial charge in [0.05, 0.1) is 16.4 Å². The Labute approximate surface area is 140 Å². The summed E-state index contributed by atoms with van der Waals surface area (Å²) < 4.78 is 0.903. The molecule has 2 rings (SSSR count). The standard InChI is InChI=1S/C12H12Cl2N4OS2/c13-7-4-8(14)11(9(15)5-7)17-10(19)2-1-3-20-12-18-16-6-21-12/h4-6H,1-3,15H2,(H,17,19). The Bertz CT molecular complexity index is 599. The predicted molar refractivity (Wildman–Crippen MR) is 89.4 cm³/mol. The number of carbonyl (C=O) groups excluding carboxylic acids is 1. The van der Waals surface area contributed by atoms with Gasteiger partial charge in [-0.1, -0.05) is 46.3 Å². The van der Waals surface area contributed by atoms with E-state index in [1.54, 1.807) is 29.4 Å². The first-order chi connectivity index (χ1) is 10.1. The average molecular weight is 363 g/mol. The number of hydrogen-bond acceptors (Lipinski definition) is 6. The molecule has 0 saturated carbocycles. The van der Waals surface area contributed by atoms with Crippen LogP contribution >= 0.6 is 46.3 Å². The largest absolute Gasteiger partial charge is 0.397 e. The van der Waals surface area contributed by atoms with Crippen molar-refractivity contribution in [2.24, 2.45) is 0 Å². The Morgan fingerprint density at radius 3 is 2.90 bits per heavy atom. The van der Waals surface area contributed by atoms with Gasteiger partial charge < -0.3 is 11.1 Å². The second kappa shape index (κ2) is 7.84. The van der Waals surface area contributed by atoms with Crippen molar-refractivity contribution in [1.82, 2.24) is 10.2 Å². The second-order valence-electron chi connectivity index (χ2n) is 4.06. The van der Waals surface area contributed by atoms with E-state index in [2.05, 4.69) is 15.5 Å². The first-order valence-electron chi connectivity index (χ1n) is 5.99. The highest BCUT2D eigenvalue weighted by molar-refractivity contribution is 8.00. The molecule has 0 unspecified atom stereocenters. The topological polar surface area (TPSA) is 80.9 Å². The summed E-state index contributed by atoms with van der Waals surface area (Å²) >= 11 is 14.9. The van der Waals surface area contributed by atoms with E-state index in [0.29, 0.717) is 27.8 Å². The molecule has 0 aliphatic heterocycles. The Kier molecular flexibility index (Phi) is 6.10. The molecule has 0 aliphatic carbocycles. The number of nitrogen functional groups attached to an aromatic ring is 1. The first kappa shape index (κ1) is 16.4. The van der Waals surface area contributed by atoms with Crippen LogP contribution < -0.4 is 11.1 Å². The van der Waals surface area contributed by atoms with E-state index in [-0.39, 0.29) is 5.91 Å². The van der Waals surface area contributed by atoms with Crippen molar-refractivity contribution in [3.8, 4) is 0 Å². The minimum atomic E-state index is -0.135. The molecule has 3 N–H and O–H groups in total. The molecule has 0 bridgehead atoms. The molecule has 0 saturated heterocycles. The summed E-state index contributed by atoms with van der Waals surface area (Å²) in [6, 6.07) is 3.09. The lowest BCUT2D eigenvalue weighted by atomic mass is 10.2. The van der Waals surface area contributed by atoms with Gasteiger partial charge in [0.2, 0.25) is 5.91 Å². The van der Waals surface area contributed by atoms with E-state index in [1.165, 1.54) is 11.3 Å². The van der Waals surface area contributed by atoms with Crippen molar-refractivity contribution < 1.29 is 4.79 Å².